The van der Waals surface area contributed by atoms with Crippen LogP contribution in [0.5, 0.6) is 0 Å². The number of hydrogen-bond donors (Lipinski definition) is 0. The smallest absolute Gasteiger partial charge is 0.267 e. The van der Waals surface area contributed by atoms with Crippen LogP contribution in [-0.2, 0) is 9.84 Å². The van der Waals surface area contributed by atoms with Gasteiger partial charge in [0, 0.05) is 17.4 Å². The van der Waals surface area contributed by atoms with Crippen molar-refractivity contribution in [3.05, 3.63) is 75.4 Å². The molecule has 1 aromatic heterocycles. The Balaban J connectivity index is 1.88. The van der Waals surface area contributed by atoms with Crippen LogP contribution in [0.25, 0.3) is 16.8 Å². The zero-order valence-corrected chi connectivity index (χ0v) is 18.6. The Kier molecular flexibility index (Phi) is 5.99. The molecular weight excluding hydrogens is 439 g/mol. The van der Waals surface area contributed by atoms with Crippen LogP contribution >= 0.6 is 11.6 Å². The normalized spacial score (nSPS) is 15.2. The molecule has 0 aliphatic heterocycles. The van der Waals surface area contributed by atoms with Gasteiger partial charge in [0.25, 0.3) is 5.56 Å². The number of sulfone groups is 1. The molecule has 8 heteroatoms. The molecule has 0 saturated heterocycles. The lowest BCUT2D eigenvalue weighted by Gasteiger charge is -2.24. The second kappa shape index (κ2) is 8.55. The summed E-state index contributed by atoms with van der Waals surface area (Å²) in [7, 11) is -3.32. The summed E-state index contributed by atoms with van der Waals surface area (Å²) in [6.07, 6.45) is 7.81. The highest BCUT2D eigenvalue weighted by Gasteiger charge is 2.25. The topological polar surface area (TPSA) is 69.0 Å². The van der Waals surface area contributed by atoms with Gasteiger partial charge < -0.3 is 0 Å². The summed E-state index contributed by atoms with van der Waals surface area (Å²) in [6, 6.07) is 10.6. The average Bonchev–Trinajstić information content (AvgIpc) is 2.75. The van der Waals surface area contributed by atoms with Gasteiger partial charge in [-0.3, -0.25) is 4.79 Å². The van der Waals surface area contributed by atoms with Crippen molar-refractivity contribution in [1.82, 2.24) is 9.78 Å². The first-order chi connectivity index (χ1) is 14.8. The van der Waals surface area contributed by atoms with Crippen molar-refractivity contribution in [3.63, 3.8) is 0 Å². The van der Waals surface area contributed by atoms with Crippen molar-refractivity contribution in [1.29, 1.82) is 0 Å². The quantitative estimate of drug-likeness (QED) is 0.540. The van der Waals surface area contributed by atoms with Gasteiger partial charge in [0.15, 0.2) is 9.84 Å². The first-order valence-electron chi connectivity index (χ1n) is 10.1. The average molecular weight is 461 g/mol. The minimum Gasteiger partial charge on any atom is -0.267 e. The summed E-state index contributed by atoms with van der Waals surface area (Å²) in [5.74, 6) is -0.482. The molecule has 1 saturated carbocycles. The van der Waals surface area contributed by atoms with E-state index in [9.17, 15) is 17.6 Å². The molecule has 0 atom stereocenters. The zero-order valence-electron chi connectivity index (χ0n) is 17.0. The van der Waals surface area contributed by atoms with Gasteiger partial charge in [-0.15, -0.1) is 0 Å². The van der Waals surface area contributed by atoms with Crippen molar-refractivity contribution in [2.45, 2.75) is 42.9 Å². The van der Waals surface area contributed by atoms with Gasteiger partial charge in [0.05, 0.1) is 21.8 Å². The van der Waals surface area contributed by atoms with Crippen molar-refractivity contribution in [2.75, 3.05) is 6.26 Å². The third-order valence-electron chi connectivity index (χ3n) is 5.77. The van der Waals surface area contributed by atoms with Crippen LogP contribution in [0.4, 0.5) is 4.39 Å². The molecule has 0 spiro atoms. The Morgan fingerprint density at radius 2 is 1.74 bits per heavy atom. The summed E-state index contributed by atoms with van der Waals surface area (Å²) in [6.45, 7) is 0. The van der Waals surface area contributed by atoms with Crippen molar-refractivity contribution >= 4 is 21.4 Å². The second-order valence-electron chi connectivity index (χ2n) is 7.92. The summed E-state index contributed by atoms with van der Waals surface area (Å²) in [5, 5.41) is 4.25. The Hall–Kier alpha value is -2.51. The molecule has 0 N–H and O–H groups in total. The van der Waals surface area contributed by atoms with Crippen molar-refractivity contribution < 1.29 is 12.8 Å². The summed E-state index contributed by atoms with van der Waals surface area (Å²) >= 11 is 5.92. The van der Waals surface area contributed by atoms with E-state index < -0.39 is 15.7 Å². The van der Waals surface area contributed by atoms with E-state index in [4.69, 9.17) is 11.6 Å². The lowest BCUT2D eigenvalue weighted by Crippen LogP contribution is -2.28. The van der Waals surface area contributed by atoms with E-state index in [-0.39, 0.29) is 21.4 Å². The van der Waals surface area contributed by atoms with Crippen LogP contribution in [0.15, 0.2) is 58.4 Å². The lowest BCUT2D eigenvalue weighted by atomic mass is 9.82. The standard InChI is InChI=1S/C23H22ClFN2O3S/c1-31(29,30)18-10-7-15(8-11-18)19-14-26-27(17-9-12-21(25)20(24)13-17)23(28)22(19)16-5-3-2-4-6-16/h7-14,16H,2-6H2,1H3. The molecule has 162 valence electrons. The number of nitrogens with zero attached hydrogens (tertiary/aromatic N) is 2. The summed E-state index contributed by atoms with van der Waals surface area (Å²) in [5.41, 5.74) is 2.22. The van der Waals surface area contributed by atoms with E-state index in [0.717, 1.165) is 43.9 Å². The molecule has 2 aromatic carbocycles. The van der Waals surface area contributed by atoms with Gasteiger partial charge in [0.1, 0.15) is 5.82 Å². The highest BCUT2D eigenvalue weighted by molar-refractivity contribution is 7.90. The van der Waals surface area contributed by atoms with Crippen LogP contribution < -0.4 is 5.56 Å². The first kappa shape index (κ1) is 21.7. The minimum absolute atomic E-state index is 0.0779. The van der Waals surface area contributed by atoms with Crippen molar-refractivity contribution in [3.8, 4) is 16.8 Å². The Labute approximate surface area is 185 Å². The molecule has 0 unspecified atom stereocenters. The maximum Gasteiger partial charge on any atom is 0.275 e. The minimum atomic E-state index is -3.32. The van der Waals surface area contributed by atoms with Crippen LogP contribution in [0.3, 0.4) is 0 Å². The molecule has 0 radical (unpaired) electrons. The van der Waals surface area contributed by atoms with Crippen LogP contribution in [-0.4, -0.2) is 24.5 Å². The zero-order chi connectivity index (χ0) is 22.2. The Bertz CT molecular complexity index is 1280. The van der Waals surface area contributed by atoms with Gasteiger partial charge >= 0.3 is 0 Å². The third kappa shape index (κ3) is 4.43. The van der Waals surface area contributed by atoms with Crippen LogP contribution in [0.2, 0.25) is 5.02 Å². The molecular formula is C23H22ClFN2O3S. The van der Waals surface area contributed by atoms with E-state index in [1.807, 2.05) is 0 Å². The van der Waals surface area contributed by atoms with E-state index in [0.29, 0.717) is 16.8 Å². The first-order valence-corrected chi connectivity index (χ1v) is 12.4. The highest BCUT2D eigenvalue weighted by Crippen LogP contribution is 2.36. The molecule has 5 nitrogen and oxygen atoms in total. The fourth-order valence-corrected chi connectivity index (χ4v) is 4.97. The molecule has 0 bridgehead atoms. The third-order valence-corrected chi connectivity index (χ3v) is 7.19. The van der Waals surface area contributed by atoms with Gasteiger partial charge in [-0.2, -0.15) is 9.78 Å². The predicted octanol–water partition coefficient (Wildman–Crippen LogP) is 5.14. The molecule has 4 rings (SSSR count). The van der Waals surface area contributed by atoms with Gasteiger partial charge in [-0.1, -0.05) is 43.0 Å². The van der Waals surface area contributed by atoms with Crippen LogP contribution in [0, 0.1) is 5.82 Å². The molecule has 1 fully saturated rings. The lowest BCUT2D eigenvalue weighted by molar-refractivity contribution is 0.439. The Morgan fingerprint density at radius 1 is 1.06 bits per heavy atom. The largest absolute Gasteiger partial charge is 0.275 e. The molecule has 31 heavy (non-hydrogen) atoms. The Morgan fingerprint density at radius 3 is 2.35 bits per heavy atom. The summed E-state index contributed by atoms with van der Waals surface area (Å²) < 4.78 is 38.5. The van der Waals surface area contributed by atoms with E-state index in [2.05, 4.69) is 5.10 Å². The number of aromatic nitrogens is 2. The molecule has 0 amide bonds. The van der Waals surface area contributed by atoms with Crippen LogP contribution in [0.1, 0.15) is 43.6 Å². The number of rotatable bonds is 4. The number of hydrogen-bond acceptors (Lipinski definition) is 4. The number of halogens is 2. The van der Waals surface area contributed by atoms with Gasteiger partial charge in [-0.05, 0) is 54.7 Å². The maximum absolute atomic E-state index is 13.6. The molecule has 1 heterocycles. The highest BCUT2D eigenvalue weighted by atomic mass is 35.5. The SMILES string of the molecule is CS(=O)(=O)c1ccc(-c2cnn(-c3ccc(F)c(Cl)c3)c(=O)c2C2CCCCC2)cc1. The van der Waals surface area contributed by atoms with Gasteiger partial charge in [0.2, 0.25) is 0 Å². The molecule has 1 aliphatic carbocycles. The fraction of sp³-hybridized carbons (Fsp3) is 0.304. The number of benzene rings is 2. The van der Waals surface area contributed by atoms with Crippen molar-refractivity contribution in [2.24, 2.45) is 0 Å². The fourth-order valence-electron chi connectivity index (χ4n) is 4.16. The van der Waals surface area contributed by atoms with E-state index in [1.165, 1.54) is 22.9 Å². The summed E-state index contributed by atoms with van der Waals surface area (Å²) in [4.78, 5) is 13.8. The maximum atomic E-state index is 13.6. The van der Waals surface area contributed by atoms with E-state index >= 15 is 0 Å². The second-order valence-corrected chi connectivity index (χ2v) is 10.3. The molecule has 1 aliphatic rings. The van der Waals surface area contributed by atoms with Gasteiger partial charge in [-0.25, -0.2) is 12.8 Å². The molecule has 3 aromatic rings. The van der Waals surface area contributed by atoms with E-state index in [1.54, 1.807) is 30.5 Å². The monoisotopic (exact) mass is 460 g/mol. The predicted molar refractivity (Wildman–Crippen MR) is 119 cm³/mol.